The van der Waals surface area contributed by atoms with Crippen LogP contribution in [0.2, 0.25) is 0 Å². The van der Waals surface area contributed by atoms with Crippen molar-refractivity contribution in [2.45, 2.75) is 57.3 Å². The van der Waals surface area contributed by atoms with E-state index < -0.39 is 11.7 Å². The van der Waals surface area contributed by atoms with Crippen LogP contribution in [0.3, 0.4) is 0 Å². The predicted octanol–water partition coefficient (Wildman–Crippen LogP) is 5.28. The Morgan fingerprint density at radius 1 is 1.10 bits per heavy atom. The summed E-state index contributed by atoms with van der Waals surface area (Å²) in [5.74, 6) is 0. The van der Waals surface area contributed by atoms with Crippen LogP contribution >= 0.6 is 15.9 Å². The maximum Gasteiger partial charge on any atom is 0.417 e. The third-order valence-corrected chi connectivity index (χ3v) is 4.48. The van der Waals surface area contributed by atoms with Crippen LogP contribution in [0.15, 0.2) is 22.7 Å². The molecule has 0 spiro atoms. The zero-order chi connectivity index (χ0) is 14.6. The van der Waals surface area contributed by atoms with Crippen LogP contribution in [0.4, 0.5) is 13.2 Å². The summed E-state index contributed by atoms with van der Waals surface area (Å²) in [5, 5.41) is 3.39. The van der Waals surface area contributed by atoms with Gasteiger partial charge in [0.25, 0.3) is 0 Å². The fraction of sp³-hybridized carbons (Fsp3) is 0.600. The zero-order valence-electron chi connectivity index (χ0n) is 11.3. The van der Waals surface area contributed by atoms with E-state index in [9.17, 15) is 13.2 Å². The number of hydrogen-bond acceptors (Lipinski definition) is 1. The van der Waals surface area contributed by atoms with E-state index in [4.69, 9.17) is 0 Å². The number of halogens is 4. The summed E-state index contributed by atoms with van der Waals surface area (Å²) in [7, 11) is 0. The number of rotatable bonds is 3. The molecule has 1 aliphatic carbocycles. The molecular weight excluding hydrogens is 331 g/mol. The van der Waals surface area contributed by atoms with Gasteiger partial charge in [-0.05, 0) is 30.5 Å². The van der Waals surface area contributed by atoms with Gasteiger partial charge in [0.15, 0.2) is 0 Å². The van der Waals surface area contributed by atoms with E-state index in [-0.39, 0.29) is 4.47 Å². The Hall–Kier alpha value is -0.550. The summed E-state index contributed by atoms with van der Waals surface area (Å²) in [4.78, 5) is 0. The van der Waals surface area contributed by atoms with Gasteiger partial charge < -0.3 is 5.32 Å². The van der Waals surface area contributed by atoms with Crippen LogP contribution in [0, 0.1) is 0 Å². The molecule has 2 rings (SSSR count). The van der Waals surface area contributed by atoms with E-state index in [0.29, 0.717) is 18.2 Å². The standard InChI is InChI=1S/C15H19BrF3N/c16-14-8-7-11(9-13(14)15(17,18)19)10-20-12-5-3-1-2-4-6-12/h7-9,12,20H,1-6,10H2. The lowest BCUT2D eigenvalue weighted by Crippen LogP contribution is -2.28. The Morgan fingerprint density at radius 2 is 1.75 bits per heavy atom. The fourth-order valence-corrected chi connectivity index (χ4v) is 3.12. The second-order valence-electron chi connectivity index (χ2n) is 5.38. The third kappa shape index (κ3) is 4.48. The molecule has 1 fully saturated rings. The second kappa shape index (κ2) is 6.94. The summed E-state index contributed by atoms with van der Waals surface area (Å²) in [6.07, 6.45) is 2.92. The van der Waals surface area contributed by atoms with Gasteiger partial charge in [-0.3, -0.25) is 0 Å². The second-order valence-corrected chi connectivity index (χ2v) is 6.24. The fourth-order valence-electron chi connectivity index (χ4n) is 2.65. The minimum absolute atomic E-state index is 0.100. The van der Waals surface area contributed by atoms with Crippen molar-refractivity contribution in [2.24, 2.45) is 0 Å². The molecule has 1 aliphatic rings. The van der Waals surface area contributed by atoms with Crippen molar-refractivity contribution >= 4 is 15.9 Å². The summed E-state index contributed by atoms with van der Waals surface area (Å²) >= 11 is 2.96. The van der Waals surface area contributed by atoms with Gasteiger partial charge in [0, 0.05) is 17.1 Å². The van der Waals surface area contributed by atoms with Crippen molar-refractivity contribution in [1.82, 2.24) is 5.32 Å². The number of benzene rings is 1. The molecule has 0 aromatic heterocycles. The minimum Gasteiger partial charge on any atom is -0.310 e. The van der Waals surface area contributed by atoms with E-state index in [1.165, 1.54) is 37.8 Å². The van der Waals surface area contributed by atoms with Gasteiger partial charge in [-0.25, -0.2) is 0 Å². The normalized spacial score (nSPS) is 18.0. The molecule has 1 aromatic rings. The first-order valence-corrected chi connectivity index (χ1v) is 7.85. The van der Waals surface area contributed by atoms with Crippen LogP contribution in [0.5, 0.6) is 0 Å². The van der Waals surface area contributed by atoms with Crippen LogP contribution in [-0.4, -0.2) is 6.04 Å². The van der Waals surface area contributed by atoms with E-state index in [1.54, 1.807) is 6.07 Å². The molecule has 0 radical (unpaired) electrons. The molecule has 0 heterocycles. The molecule has 20 heavy (non-hydrogen) atoms. The first-order chi connectivity index (χ1) is 9.47. The molecule has 1 N–H and O–H groups in total. The van der Waals surface area contributed by atoms with Crippen molar-refractivity contribution in [1.29, 1.82) is 0 Å². The van der Waals surface area contributed by atoms with E-state index in [0.717, 1.165) is 12.8 Å². The van der Waals surface area contributed by atoms with Crippen molar-refractivity contribution in [2.75, 3.05) is 0 Å². The minimum atomic E-state index is -4.31. The highest BCUT2D eigenvalue weighted by atomic mass is 79.9. The molecule has 0 unspecified atom stereocenters. The summed E-state index contributed by atoms with van der Waals surface area (Å²) in [6, 6.07) is 4.89. The number of hydrogen-bond donors (Lipinski definition) is 1. The quantitative estimate of drug-likeness (QED) is 0.732. The molecule has 0 bridgehead atoms. The van der Waals surface area contributed by atoms with Gasteiger partial charge >= 0.3 is 6.18 Å². The number of alkyl halides is 3. The number of nitrogens with one attached hydrogen (secondary N) is 1. The van der Waals surface area contributed by atoms with Crippen LogP contribution in [0.1, 0.15) is 49.7 Å². The molecule has 0 saturated heterocycles. The third-order valence-electron chi connectivity index (χ3n) is 3.79. The van der Waals surface area contributed by atoms with E-state index >= 15 is 0 Å². The molecule has 5 heteroatoms. The van der Waals surface area contributed by atoms with Gasteiger partial charge in [0.05, 0.1) is 5.56 Å². The monoisotopic (exact) mass is 349 g/mol. The van der Waals surface area contributed by atoms with Crippen LogP contribution < -0.4 is 5.32 Å². The lowest BCUT2D eigenvalue weighted by atomic mass is 10.1. The maximum absolute atomic E-state index is 12.8. The first-order valence-electron chi connectivity index (χ1n) is 7.06. The molecule has 1 saturated carbocycles. The molecular formula is C15H19BrF3N. The Bertz CT molecular complexity index is 437. The Morgan fingerprint density at radius 3 is 2.35 bits per heavy atom. The predicted molar refractivity (Wildman–Crippen MR) is 77.5 cm³/mol. The zero-order valence-corrected chi connectivity index (χ0v) is 12.9. The molecule has 112 valence electrons. The highest BCUT2D eigenvalue weighted by Crippen LogP contribution is 2.35. The van der Waals surface area contributed by atoms with E-state index in [1.807, 2.05) is 0 Å². The van der Waals surface area contributed by atoms with Crippen molar-refractivity contribution < 1.29 is 13.2 Å². The van der Waals surface area contributed by atoms with Crippen LogP contribution in [0.25, 0.3) is 0 Å². The Balaban J connectivity index is 1.99. The van der Waals surface area contributed by atoms with Crippen molar-refractivity contribution in [3.63, 3.8) is 0 Å². The average molecular weight is 350 g/mol. The lowest BCUT2D eigenvalue weighted by Gasteiger charge is -2.17. The van der Waals surface area contributed by atoms with Crippen LogP contribution in [-0.2, 0) is 12.7 Å². The largest absolute Gasteiger partial charge is 0.417 e. The summed E-state index contributed by atoms with van der Waals surface area (Å²) < 4.78 is 38.6. The molecule has 0 atom stereocenters. The lowest BCUT2D eigenvalue weighted by molar-refractivity contribution is -0.138. The summed E-state index contributed by atoms with van der Waals surface area (Å²) in [6.45, 7) is 0.501. The highest BCUT2D eigenvalue weighted by molar-refractivity contribution is 9.10. The average Bonchev–Trinajstić information content (AvgIpc) is 2.65. The molecule has 1 nitrogen and oxygen atoms in total. The van der Waals surface area contributed by atoms with Gasteiger partial charge in [0.2, 0.25) is 0 Å². The van der Waals surface area contributed by atoms with Gasteiger partial charge in [-0.2, -0.15) is 13.2 Å². The van der Waals surface area contributed by atoms with Gasteiger partial charge in [0.1, 0.15) is 0 Å². The first kappa shape index (κ1) is 15.8. The highest BCUT2D eigenvalue weighted by Gasteiger charge is 2.33. The molecule has 0 amide bonds. The molecule has 0 aliphatic heterocycles. The summed E-state index contributed by atoms with van der Waals surface area (Å²) in [5.41, 5.74) is 0.0856. The van der Waals surface area contributed by atoms with Crippen molar-refractivity contribution in [3.8, 4) is 0 Å². The van der Waals surface area contributed by atoms with Gasteiger partial charge in [-0.1, -0.05) is 47.7 Å². The SMILES string of the molecule is FC(F)(F)c1cc(CNC2CCCCCC2)ccc1Br. The smallest absolute Gasteiger partial charge is 0.310 e. The molecule has 1 aromatic carbocycles. The Kier molecular flexibility index (Phi) is 5.49. The van der Waals surface area contributed by atoms with Crippen molar-refractivity contribution in [3.05, 3.63) is 33.8 Å². The maximum atomic E-state index is 12.8. The Labute approximate surface area is 126 Å². The van der Waals surface area contributed by atoms with E-state index in [2.05, 4.69) is 21.2 Å². The van der Waals surface area contributed by atoms with Gasteiger partial charge in [-0.15, -0.1) is 0 Å². The topological polar surface area (TPSA) is 12.0 Å².